The van der Waals surface area contributed by atoms with E-state index < -0.39 is 5.97 Å². The fourth-order valence-electron chi connectivity index (χ4n) is 2.73. The van der Waals surface area contributed by atoms with E-state index in [-0.39, 0.29) is 6.42 Å². The summed E-state index contributed by atoms with van der Waals surface area (Å²) in [6.45, 7) is 0.609. The van der Waals surface area contributed by atoms with Crippen LogP contribution in [-0.2, 0) is 4.79 Å². The summed E-state index contributed by atoms with van der Waals surface area (Å²) in [5.41, 5.74) is 2.18. The van der Waals surface area contributed by atoms with Crippen molar-refractivity contribution in [3.8, 4) is 5.75 Å². The summed E-state index contributed by atoms with van der Waals surface area (Å²) in [4.78, 5) is 13.9. The summed E-state index contributed by atoms with van der Waals surface area (Å²) in [6.07, 6.45) is 2.68. The Balaban J connectivity index is 1.70. The fourth-order valence-corrected chi connectivity index (χ4v) is 2.73. The van der Waals surface area contributed by atoms with E-state index in [1.165, 1.54) is 5.39 Å². The quantitative estimate of drug-likeness (QED) is 0.637. The minimum Gasteiger partial charge on any atom is -0.493 e. The normalized spacial score (nSPS) is 11.1. The molecule has 1 heterocycles. The molecule has 0 amide bonds. The van der Waals surface area contributed by atoms with Gasteiger partial charge in [-0.3, -0.25) is 4.79 Å². The number of hydrogen-bond acceptors (Lipinski definition) is 2. The maximum absolute atomic E-state index is 10.5. The molecule has 0 radical (unpaired) electrons. The molecule has 114 valence electrons. The third-order valence-corrected chi connectivity index (χ3v) is 3.78. The molecular formula is C18H19NO3. The Bertz CT molecular complexity index is 791. The van der Waals surface area contributed by atoms with Gasteiger partial charge in [0.15, 0.2) is 0 Å². The van der Waals surface area contributed by atoms with Gasteiger partial charge in [-0.25, -0.2) is 0 Å². The molecule has 1 aromatic heterocycles. The van der Waals surface area contributed by atoms with E-state index in [9.17, 15) is 4.79 Å². The van der Waals surface area contributed by atoms with Gasteiger partial charge in [0.05, 0.1) is 12.1 Å². The number of aromatic nitrogens is 1. The molecule has 0 saturated carbocycles. The number of aliphatic carboxylic acids is 1. The van der Waals surface area contributed by atoms with Crippen LogP contribution in [0.3, 0.4) is 0 Å². The zero-order valence-electron chi connectivity index (χ0n) is 12.3. The predicted octanol–water partition coefficient (Wildman–Crippen LogP) is 4.34. The van der Waals surface area contributed by atoms with Crippen LogP contribution in [0.2, 0.25) is 0 Å². The minimum atomic E-state index is -0.732. The summed E-state index contributed by atoms with van der Waals surface area (Å²) in [7, 11) is 0. The number of benzene rings is 2. The molecule has 4 nitrogen and oxygen atoms in total. The second kappa shape index (κ2) is 6.52. The lowest BCUT2D eigenvalue weighted by Gasteiger charge is -2.07. The number of para-hydroxylation sites is 1. The van der Waals surface area contributed by atoms with E-state index >= 15 is 0 Å². The molecule has 2 aromatic carbocycles. The second-order valence-corrected chi connectivity index (χ2v) is 5.40. The first-order valence-electron chi connectivity index (χ1n) is 7.60. The van der Waals surface area contributed by atoms with Crippen molar-refractivity contribution in [1.82, 2.24) is 4.98 Å². The highest BCUT2D eigenvalue weighted by Gasteiger charge is 2.08. The lowest BCUT2D eigenvalue weighted by molar-refractivity contribution is -0.137. The third-order valence-electron chi connectivity index (χ3n) is 3.78. The van der Waals surface area contributed by atoms with E-state index in [1.807, 2.05) is 24.3 Å². The Labute approximate surface area is 128 Å². The Morgan fingerprint density at radius 2 is 1.82 bits per heavy atom. The van der Waals surface area contributed by atoms with Crippen LogP contribution in [0, 0.1) is 0 Å². The molecule has 3 aromatic rings. The number of carboxylic acids is 1. The molecule has 0 bridgehead atoms. The van der Waals surface area contributed by atoms with Crippen molar-refractivity contribution in [1.29, 1.82) is 0 Å². The molecule has 22 heavy (non-hydrogen) atoms. The average molecular weight is 297 g/mol. The van der Waals surface area contributed by atoms with Gasteiger partial charge in [0.2, 0.25) is 0 Å². The van der Waals surface area contributed by atoms with Crippen LogP contribution in [0.15, 0.2) is 42.5 Å². The lowest BCUT2D eigenvalue weighted by atomic mass is 10.1. The minimum absolute atomic E-state index is 0.234. The van der Waals surface area contributed by atoms with E-state index in [4.69, 9.17) is 9.84 Å². The monoisotopic (exact) mass is 297 g/mol. The van der Waals surface area contributed by atoms with Gasteiger partial charge in [-0.15, -0.1) is 0 Å². The number of H-pyrrole nitrogens is 1. The van der Waals surface area contributed by atoms with Gasteiger partial charge in [-0.1, -0.05) is 24.3 Å². The van der Waals surface area contributed by atoms with Crippen molar-refractivity contribution < 1.29 is 14.6 Å². The molecule has 0 aliphatic rings. The summed E-state index contributed by atoms with van der Waals surface area (Å²) in [6, 6.07) is 14.2. The van der Waals surface area contributed by atoms with E-state index in [0.717, 1.165) is 35.0 Å². The van der Waals surface area contributed by atoms with Gasteiger partial charge in [0.1, 0.15) is 5.75 Å². The molecule has 2 N–H and O–H groups in total. The van der Waals surface area contributed by atoms with Crippen molar-refractivity contribution in [2.75, 3.05) is 6.61 Å². The van der Waals surface area contributed by atoms with Crippen molar-refractivity contribution in [2.24, 2.45) is 0 Å². The topological polar surface area (TPSA) is 62.3 Å². The molecule has 0 aliphatic carbocycles. The molecule has 4 heteroatoms. The van der Waals surface area contributed by atoms with Crippen LogP contribution >= 0.6 is 0 Å². The van der Waals surface area contributed by atoms with Gasteiger partial charge in [-0.2, -0.15) is 0 Å². The van der Waals surface area contributed by atoms with Crippen LogP contribution < -0.4 is 4.74 Å². The van der Waals surface area contributed by atoms with Gasteiger partial charge < -0.3 is 14.8 Å². The summed E-state index contributed by atoms with van der Waals surface area (Å²) in [5, 5.41) is 10.9. The van der Waals surface area contributed by atoms with Gasteiger partial charge in [0, 0.05) is 22.7 Å². The van der Waals surface area contributed by atoms with Crippen molar-refractivity contribution in [3.63, 3.8) is 0 Å². The first kappa shape index (κ1) is 14.4. The number of carbonyl (C=O) groups is 1. The number of fused-ring (bicyclic) bond motifs is 3. The first-order chi connectivity index (χ1) is 10.8. The maximum atomic E-state index is 10.5. The number of hydrogen-bond donors (Lipinski definition) is 2. The van der Waals surface area contributed by atoms with E-state index in [0.29, 0.717) is 13.0 Å². The predicted molar refractivity (Wildman–Crippen MR) is 87.4 cm³/mol. The Morgan fingerprint density at radius 3 is 2.68 bits per heavy atom. The highest BCUT2D eigenvalue weighted by Crippen LogP contribution is 2.32. The summed E-state index contributed by atoms with van der Waals surface area (Å²) in [5.74, 6) is 0.151. The van der Waals surface area contributed by atoms with Crippen LogP contribution in [0.25, 0.3) is 21.8 Å². The molecular weight excluding hydrogens is 278 g/mol. The Kier molecular flexibility index (Phi) is 4.28. The first-order valence-corrected chi connectivity index (χ1v) is 7.60. The number of rotatable bonds is 7. The number of nitrogens with one attached hydrogen (secondary N) is 1. The maximum Gasteiger partial charge on any atom is 0.303 e. The van der Waals surface area contributed by atoms with Crippen LogP contribution in [0.5, 0.6) is 5.75 Å². The van der Waals surface area contributed by atoms with Crippen molar-refractivity contribution >= 4 is 27.8 Å². The Morgan fingerprint density at radius 1 is 1.00 bits per heavy atom. The standard InChI is InChI=1S/C18H19NO3/c20-17(21)11-2-1-5-12-22-16-10-6-9-15-18(16)13-7-3-4-8-14(13)19-15/h3-4,6-10,19H,1-2,5,11-12H2,(H,20,21). The van der Waals surface area contributed by atoms with Crippen molar-refractivity contribution in [2.45, 2.75) is 25.7 Å². The van der Waals surface area contributed by atoms with Crippen LogP contribution in [0.4, 0.5) is 0 Å². The molecule has 0 unspecified atom stereocenters. The fraction of sp³-hybridized carbons (Fsp3) is 0.278. The summed E-state index contributed by atoms with van der Waals surface area (Å²) >= 11 is 0. The SMILES string of the molecule is O=C(O)CCCCCOc1cccc2[nH]c3ccccc3c12. The second-order valence-electron chi connectivity index (χ2n) is 5.40. The van der Waals surface area contributed by atoms with E-state index in [2.05, 4.69) is 23.2 Å². The third kappa shape index (κ3) is 3.06. The largest absolute Gasteiger partial charge is 0.493 e. The Hall–Kier alpha value is -2.49. The van der Waals surface area contributed by atoms with Gasteiger partial charge >= 0.3 is 5.97 Å². The van der Waals surface area contributed by atoms with Crippen LogP contribution in [0.1, 0.15) is 25.7 Å². The molecule has 0 saturated heterocycles. The van der Waals surface area contributed by atoms with Gasteiger partial charge in [0.25, 0.3) is 0 Å². The van der Waals surface area contributed by atoms with Crippen LogP contribution in [-0.4, -0.2) is 22.7 Å². The molecule has 0 aliphatic heterocycles. The van der Waals surface area contributed by atoms with E-state index in [1.54, 1.807) is 0 Å². The average Bonchev–Trinajstić information content (AvgIpc) is 2.89. The molecule has 0 spiro atoms. The zero-order valence-corrected chi connectivity index (χ0v) is 12.3. The number of carboxylic acid groups (broad SMARTS) is 1. The smallest absolute Gasteiger partial charge is 0.303 e. The number of unbranched alkanes of at least 4 members (excludes halogenated alkanes) is 2. The summed E-state index contributed by atoms with van der Waals surface area (Å²) < 4.78 is 5.93. The highest BCUT2D eigenvalue weighted by atomic mass is 16.5. The van der Waals surface area contributed by atoms with Gasteiger partial charge in [-0.05, 0) is 37.5 Å². The van der Waals surface area contributed by atoms with Crippen molar-refractivity contribution in [3.05, 3.63) is 42.5 Å². The lowest BCUT2D eigenvalue weighted by Crippen LogP contribution is -1.99. The number of ether oxygens (including phenoxy) is 1. The molecule has 3 rings (SSSR count). The number of aromatic amines is 1. The highest BCUT2D eigenvalue weighted by molar-refractivity contribution is 6.10. The molecule has 0 atom stereocenters. The zero-order chi connectivity index (χ0) is 15.4. The molecule has 0 fully saturated rings.